The maximum atomic E-state index is 14.3. The molecule has 1 heterocycles. The molecule has 1 aromatic rings. The van der Waals surface area contributed by atoms with Crippen LogP contribution in [-0.2, 0) is 0 Å². The summed E-state index contributed by atoms with van der Waals surface area (Å²) in [6.07, 6.45) is 4.34. The van der Waals surface area contributed by atoms with E-state index in [1.165, 1.54) is 6.07 Å². The van der Waals surface area contributed by atoms with Gasteiger partial charge in [0.1, 0.15) is 0 Å². The van der Waals surface area contributed by atoms with Gasteiger partial charge in [-0.15, -0.1) is 12.4 Å². The Kier molecular flexibility index (Phi) is 6.12. The molecular weight excluding hydrogens is 313 g/mol. The standard InChI is InChI=1S/C16H21F3N2.ClH/c17-13-6-5-12(14(18)15(13)19)16(11-3-1-2-4-11)21-9-7-20-8-10-21;/h5-6,11,16,20H,1-4,7-10H2;1H/t16-;/m1./s1. The highest BCUT2D eigenvalue weighted by atomic mass is 35.5. The van der Waals surface area contributed by atoms with E-state index in [4.69, 9.17) is 0 Å². The van der Waals surface area contributed by atoms with Gasteiger partial charge in [-0.25, -0.2) is 13.2 Å². The van der Waals surface area contributed by atoms with Crippen LogP contribution in [0.5, 0.6) is 0 Å². The average molecular weight is 335 g/mol. The van der Waals surface area contributed by atoms with E-state index in [0.29, 0.717) is 11.5 Å². The zero-order valence-electron chi connectivity index (χ0n) is 12.5. The molecule has 0 unspecified atom stereocenters. The van der Waals surface area contributed by atoms with Crippen LogP contribution in [0.3, 0.4) is 0 Å². The zero-order valence-corrected chi connectivity index (χ0v) is 13.3. The molecule has 1 aliphatic carbocycles. The number of hydrogen-bond acceptors (Lipinski definition) is 2. The van der Waals surface area contributed by atoms with E-state index < -0.39 is 17.5 Å². The maximum Gasteiger partial charge on any atom is 0.194 e. The lowest BCUT2D eigenvalue weighted by molar-refractivity contribution is 0.121. The molecule has 0 radical (unpaired) electrons. The second-order valence-electron chi connectivity index (χ2n) is 6.04. The number of benzene rings is 1. The summed E-state index contributed by atoms with van der Waals surface area (Å²) >= 11 is 0. The van der Waals surface area contributed by atoms with Gasteiger partial charge in [0.2, 0.25) is 0 Å². The minimum atomic E-state index is -1.34. The SMILES string of the molecule is Cl.Fc1ccc([C@@H](C2CCCC2)N2CCNCC2)c(F)c1F. The van der Waals surface area contributed by atoms with Gasteiger partial charge in [-0.1, -0.05) is 18.9 Å². The highest BCUT2D eigenvalue weighted by Crippen LogP contribution is 2.41. The normalized spacial score (nSPS) is 21.6. The van der Waals surface area contributed by atoms with Crippen molar-refractivity contribution in [2.24, 2.45) is 5.92 Å². The molecule has 0 aromatic heterocycles. The first-order chi connectivity index (χ1) is 10.2. The van der Waals surface area contributed by atoms with Crippen molar-refractivity contribution in [1.82, 2.24) is 10.2 Å². The third-order valence-electron chi connectivity index (χ3n) is 4.78. The summed E-state index contributed by atoms with van der Waals surface area (Å²) in [6.45, 7) is 3.35. The van der Waals surface area contributed by atoms with Crippen LogP contribution in [0.25, 0.3) is 0 Å². The Balaban J connectivity index is 0.00000176. The Morgan fingerprint density at radius 1 is 1.00 bits per heavy atom. The Hall–Kier alpha value is -0.780. The maximum absolute atomic E-state index is 14.3. The first-order valence-corrected chi connectivity index (χ1v) is 7.76. The van der Waals surface area contributed by atoms with E-state index >= 15 is 0 Å². The second-order valence-corrected chi connectivity index (χ2v) is 6.04. The largest absolute Gasteiger partial charge is 0.314 e. The van der Waals surface area contributed by atoms with E-state index in [2.05, 4.69) is 10.2 Å². The average Bonchev–Trinajstić information content (AvgIpc) is 3.03. The van der Waals surface area contributed by atoms with Crippen molar-refractivity contribution in [2.75, 3.05) is 26.2 Å². The Morgan fingerprint density at radius 2 is 1.64 bits per heavy atom. The third kappa shape index (κ3) is 3.42. The van der Waals surface area contributed by atoms with Crippen LogP contribution < -0.4 is 5.32 Å². The summed E-state index contributed by atoms with van der Waals surface area (Å²) in [4.78, 5) is 2.22. The van der Waals surface area contributed by atoms with Crippen LogP contribution in [0, 0.1) is 23.4 Å². The fourth-order valence-corrected chi connectivity index (χ4v) is 3.75. The van der Waals surface area contributed by atoms with Crippen LogP contribution in [0.1, 0.15) is 37.3 Å². The fourth-order valence-electron chi connectivity index (χ4n) is 3.75. The first kappa shape index (κ1) is 17.6. The summed E-state index contributed by atoms with van der Waals surface area (Å²) in [6, 6.07) is 2.35. The highest BCUT2D eigenvalue weighted by Gasteiger charge is 2.34. The first-order valence-electron chi connectivity index (χ1n) is 7.76. The summed E-state index contributed by atoms with van der Waals surface area (Å²) in [5.74, 6) is -3.12. The van der Waals surface area contributed by atoms with E-state index in [0.717, 1.165) is 57.9 Å². The molecule has 0 bridgehead atoms. The zero-order chi connectivity index (χ0) is 14.8. The molecule has 1 saturated heterocycles. The smallest absolute Gasteiger partial charge is 0.194 e. The Morgan fingerprint density at radius 3 is 2.27 bits per heavy atom. The Labute approximate surface area is 135 Å². The van der Waals surface area contributed by atoms with Gasteiger partial charge >= 0.3 is 0 Å². The van der Waals surface area contributed by atoms with Gasteiger partial charge in [-0.3, -0.25) is 4.90 Å². The second kappa shape index (κ2) is 7.66. The minimum absolute atomic E-state index is 0. The van der Waals surface area contributed by atoms with Crippen LogP contribution in [-0.4, -0.2) is 31.1 Å². The predicted molar refractivity (Wildman–Crippen MR) is 82.7 cm³/mol. The lowest BCUT2D eigenvalue weighted by atomic mass is 9.89. The molecule has 2 fully saturated rings. The van der Waals surface area contributed by atoms with Crippen molar-refractivity contribution in [3.05, 3.63) is 35.1 Å². The van der Waals surface area contributed by atoms with Gasteiger partial charge in [-0.05, 0) is 24.8 Å². The molecule has 1 N–H and O–H groups in total. The Bertz CT molecular complexity index is 500. The molecule has 124 valence electrons. The quantitative estimate of drug-likeness (QED) is 0.849. The van der Waals surface area contributed by atoms with E-state index in [1.807, 2.05) is 0 Å². The van der Waals surface area contributed by atoms with Crippen LogP contribution >= 0.6 is 12.4 Å². The van der Waals surface area contributed by atoms with Gasteiger partial charge in [-0.2, -0.15) is 0 Å². The molecule has 6 heteroatoms. The van der Waals surface area contributed by atoms with Gasteiger partial charge in [0, 0.05) is 37.8 Å². The number of hydrogen-bond donors (Lipinski definition) is 1. The number of nitrogens with one attached hydrogen (secondary N) is 1. The minimum Gasteiger partial charge on any atom is -0.314 e. The molecular formula is C16H22ClF3N2. The fraction of sp³-hybridized carbons (Fsp3) is 0.625. The van der Waals surface area contributed by atoms with E-state index in [1.54, 1.807) is 0 Å². The number of rotatable bonds is 3. The monoisotopic (exact) mass is 334 g/mol. The van der Waals surface area contributed by atoms with Crippen LogP contribution in [0.4, 0.5) is 13.2 Å². The molecule has 2 aliphatic rings. The molecule has 1 atom stereocenters. The molecule has 22 heavy (non-hydrogen) atoms. The number of nitrogens with zero attached hydrogens (tertiary/aromatic N) is 1. The molecule has 1 saturated carbocycles. The van der Waals surface area contributed by atoms with Crippen molar-refractivity contribution >= 4 is 12.4 Å². The molecule has 0 amide bonds. The van der Waals surface area contributed by atoms with Crippen molar-refractivity contribution in [2.45, 2.75) is 31.7 Å². The van der Waals surface area contributed by atoms with Crippen LogP contribution in [0.2, 0.25) is 0 Å². The van der Waals surface area contributed by atoms with Crippen molar-refractivity contribution in [3.8, 4) is 0 Å². The van der Waals surface area contributed by atoms with Gasteiger partial charge in [0.05, 0.1) is 0 Å². The van der Waals surface area contributed by atoms with Crippen LogP contribution in [0.15, 0.2) is 12.1 Å². The lowest BCUT2D eigenvalue weighted by Gasteiger charge is -2.38. The predicted octanol–water partition coefficient (Wildman–Crippen LogP) is 3.66. The molecule has 1 aromatic carbocycles. The summed E-state index contributed by atoms with van der Waals surface area (Å²) < 4.78 is 41.1. The van der Waals surface area contributed by atoms with Crippen molar-refractivity contribution in [1.29, 1.82) is 0 Å². The summed E-state index contributed by atoms with van der Waals surface area (Å²) in [7, 11) is 0. The summed E-state index contributed by atoms with van der Waals surface area (Å²) in [5.41, 5.74) is 0.322. The highest BCUT2D eigenvalue weighted by molar-refractivity contribution is 5.85. The van der Waals surface area contributed by atoms with Gasteiger partial charge < -0.3 is 5.32 Å². The van der Waals surface area contributed by atoms with E-state index in [-0.39, 0.29) is 18.4 Å². The molecule has 3 rings (SSSR count). The van der Waals surface area contributed by atoms with E-state index in [9.17, 15) is 13.2 Å². The van der Waals surface area contributed by atoms with Crippen molar-refractivity contribution in [3.63, 3.8) is 0 Å². The van der Waals surface area contributed by atoms with Gasteiger partial charge in [0.25, 0.3) is 0 Å². The molecule has 2 nitrogen and oxygen atoms in total. The number of piperazine rings is 1. The van der Waals surface area contributed by atoms with Gasteiger partial charge in [0.15, 0.2) is 17.5 Å². The third-order valence-corrected chi connectivity index (χ3v) is 4.78. The lowest BCUT2D eigenvalue weighted by Crippen LogP contribution is -2.47. The molecule has 1 aliphatic heterocycles. The summed E-state index contributed by atoms with van der Waals surface area (Å²) in [5, 5.41) is 3.28. The topological polar surface area (TPSA) is 15.3 Å². The molecule has 0 spiro atoms. The van der Waals surface area contributed by atoms with Crippen molar-refractivity contribution < 1.29 is 13.2 Å². The number of halogens is 4.